The van der Waals surface area contributed by atoms with Crippen LogP contribution in [0.5, 0.6) is 11.5 Å². The maximum atomic E-state index is 14.4. The number of esters is 1. The number of ketones is 1. The maximum Gasteiger partial charge on any atom is 0.302 e. The van der Waals surface area contributed by atoms with Crippen LogP contribution in [0.1, 0.15) is 76.9 Å². The second-order valence-corrected chi connectivity index (χ2v) is 16.1. The van der Waals surface area contributed by atoms with Gasteiger partial charge in [0.15, 0.2) is 17.0 Å². The molecule has 322 valence electrons. The molecule has 2 aliphatic heterocycles. The number of fused-ring (bicyclic) bond motifs is 17. The summed E-state index contributed by atoms with van der Waals surface area (Å²) in [5.74, 6) is -4.60. The molecule has 0 fully saturated rings. The third-order valence-electron chi connectivity index (χ3n) is 11.7. The van der Waals surface area contributed by atoms with Crippen LogP contribution < -0.4 is 15.5 Å². The highest BCUT2D eigenvalue weighted by atomic mass is 16.7. The van der Waals surface area contributed by atoms with Crippen molar-refractivity contribution in [1.82, 2.24) is 9.55 Å². The summed E-state index contributed by atoms with van der Waals surface area (Å²) in [7, 11) is 3.22. The Morgan fingerprint density at radius 3 is 2.25 bits per heavy atom. The molecule has 0 saturated carbocycles. The van der Waals surface area contributed by atoms with Crippen molar-refractivity contribution in [3.63, 3.8) is 0 Å². The lowest BCUT2D eigenvalue weighted by Gasteiger charge is -2.38. The first kappa shape index (κ1) is 45.5. The van der Waals surface area contributed by atoms with E-state index in [4.69, 9.17) is 23.9 Å². The Morgan fingerprint density at radius 1 is 0.933 bits per heavy atom. The van der Waals surface area contributed by atoms with E-state index >= 15 is 0 Å². The minimum Gasteiger partial charge on any atom is -0.505 e. The van der Waals surface area contributed by atoms with Crippen LogP contribution in [0.25, 0.3) is 32.8 Å². The van der Waals surface area contributed by atoms with Gasteiger partial charge < -0.3 is 44.2 Å². The number of carbonyl (C=O) groups excluding carboxylic acids is 3. The van der Waals surface area contributed by atoms with Crippen LogP contribution in [0.4, 0.5) is 5.69 Å². The van der Waals surface area contributed by atoms with E-state index in [9.17, 15) is 34.5 Å². The van der Waals surface area contributed by atoms with E-state index in [0.717, 1.165) is 5.56 Å². The van der Waals surface area contributed by atoms with Crippen molar-refractivity contribution < 1.29 is 48.7 Å². The monoisotopic (exact) mass is 827 g/mol. The third-order valence-corrected chi connectivity index (χ3v) is 11.7. The zero-order valence-electron chi connectivity index (χ0n) is 36.3. The number of benzene rings is 3. The topological polar surface area (TPSA) is 196 Å². The molecule has 0 saturated heterocycles. The summed E-state index contributed by atoms with van der Waals surface area (Å²) in [6.07, 6.45) is 3.02. The van der Waals surface area contributed by atoms with Gasteiger partial charge in [-0.05, 0) is 51.5 Å². The van der Waals surface area contributed by atoms with E-state index < -0.39 is 83.2 Å². The van der Waals surface area contributed by atoms with E-state index in [1.807, 2.05) is 25.1 Å². The van der Waals surface area contributed by atoms with Crippen molar-refractivity contribution in [3.05, 3.63) is 81.3 Å². The minimum absolute atomic E-state index is 0.0114. The number of aromatic hydroxyl groups is 1. The highest BCUT2D eigenvalue weighted by molar-refractivity contribution is 6.25. The number of amides is 1. The lowest BCUT2D eigenvalue weighted by Crippen LogP contribution is -2.46. The maximum absolute atomic E-state index is 14.4. The third kappa shape index (κ3) is 8.81. The number of allylic oxidation sites excluding steroid dienone is 2. The van der Waals surface area contributed by atoms with Gasteiger partial charge >= 0.3 is 5.97 Å². The highest BCUT2D eigenvalue weighted by Crippen LogP contribution is 2.44. The SMILES string of the molecule is CO[C@H]1/C=C/O[C@@H](C)Oc2c(C)c(=O)c3c(O)c(c4c(nc5ccc(C)cc5n4C)c3c2C(C)=O)NC(=O)/C(C)=C\C=C\[C@H](C)[C@H](O)[C@@H](C)[C@@H](O)[C@@H](C)[C@H](OC(C)=O)[C@@H]1C. The zero-order chi connectivity index (χ0) is 44.5. The molecule has 6 rings (SSSR count). The summed E-state index contributed by atoms with van der Waals surface area (Å²) in [6.45, 7) is 16.2. The van der Waals surface area contributed by atoms with Crippen molar-refractivity contribution in [3.8, 4) is 11.5 Å². The molecular weight excluding hydrogens is 771 g/mol. The van der Waals surface area contributed by atoms with Gasteiger partial charge in [-0.15, -0.1) is 0 Å². The normalized spacial score (nSPS) is 28.0. The number of ether oxygens (including phenoxy) is 4. The minimum atomic E-state index is -1.11. The number of Topliss-reactive ketones (excluding diaryl/α,β-unsaturated/α-hetero) is 1. The summed E-state index contributed by atoms with van der Waals surface area (Å²) in [6, 6.07) is 5.58. The first-order valence-corrected chi connectivity index (χ1v) is 20.1. The van der Waals surface area contributed by atoms with Crippen LogP contribution >= 0.6 is 0 Å². The second kappa shape index (κ2) is 18.4. The molecule has 4 N–H and O–H groups in total. The Kier molecular flexibility index (Phi) is 13.9. The lowest BCUT2D eigenvalue weighted by atomic mass is 9.78. The number of aliphatic hydroxyl groups is 2. The predicted octanol–water partition coefficient (Wildman–Crippen LogP) is 6.69. The average molecular weight is 828 g/mol. The second-order valence-electron chi connectivity index (χ2n) is 16.1. The Balaban J connectivity index is 1.79. The molecule has 1 aromatic heterocycles. The number of hydrogen-bond acceptors (Lipinski definition) is 12. The van der Waals surface area contributed by atoms with Crippen LogP contribution in [0.3, 0.4) is 0 Å². The van der Waals surface area contributed by atoms with Gasteiger partial charge in [0, 0.05) is 68.2 Å². The molecule has 14 nitrogen and oxygen atoms in total. The van der Waals surface area contributed by atoms with E-state index in [1.165, 1.54) is 34.1 Å². The first-order valence-electron chi connectivity index (χ1n) is 20.1. The molecular formula is C46H57N3O11. The van der Waals surface area contributed by atoms with E-state index in [1.54, 1.807) is 77.5 Å². The quantitative estimate of drug-likeness (QED) is 0.0563. The van der Waals surface area contributed by atoms with Gasteiger partial charge in [-0.1, -0.05) is 52.0 Å². The van der Waals surface area contributed by atoms with Gasteiger partial charge in [-0.3, -0.25) is 19.2 Å². The Hall–Kier alpha value is -5.57. The molecule has 1 amide bonds. The number of rotatable bonds is 3. The van der Waals surface area contributed by atoms with Gasteiger partial charge in [-0.2, -0.15) is 0 Å². The molecule has 2 aliphatic rings. The van der Waals surface area contributed by atoms with Crippen molar-refractivity contribution >= 4 is 56.2 Å². The highest BCUT2D eigenvalue weighted by Gasteiger charge is 2.39. The number of phenols is 1. The first-order chi connectivity index (χ1) is 28.2. The Labute approximate surface area is 349 Å². The number of aliphatic hydroxyl groups excluding tert-OH is 2. The van der Waals surface area contributed by atoms with Gasteiger partial charge in [-0.25, -0.2) is 4.98 Å². The molecule has 60 heavy (non-hydrogen) atoms. The fourth-order valence-corrected chi connectivity index (χ4v) is 8.14. The number of nitrogens with zero attached hydrogens (tertiary/aromatic N) is 2. The number of aryl methyl sites for hydroxylation is 2. The van der Waals surface area contributed by atoms with Crippen molar-refractivity contribution in [2.45, 2.75) is 99.9 Å². The average Bonchev–Trinajstić information content (AvgIpc) is 3.19. The summed E-state index contributed by atoms with van der Waals surface area (Å²) in [4.78, 5) is 59.4. The number of aromatic nitrogens is 2. The zero-order valence-corrected chi connectivity index (χ0v) is 36.3. The predicted molar refractivity (Wildman–Crippen MR) is 230 cm³/mol. The van der Waals surface area contributed by atoms with Crippen LogP contribution in [-0.4, -0.2) is 80.3 Å². The standard InChI is InChI=1S/C46H57N3O11/c1-21-16-17-31-32(20-21)49(11)39-37(47-31)35-34(28(8)50)45-27(7)42(54)36(35)43(55)38(39)48-46(56)23(3)15-13-14-22(2)40(52)25(5)41(53)26(6)44(59-29(9)51)24(4)33(57-12)18-19-58-30(10)60-45/h13-20,22,24-26,30,33,40-41,44,52-53,55H,1-12H3,(H,48,56)/b14-13+,19-18+,23-15-/t22-,24+,25+,26+,30+,33-,40-,41+,44+/m0/s1. The summed E-state index contributed by atoms with van der Waals surface area (Å²) < 4.78 is 25.5. The number of carbonyl (C=O) groups is 3. The lowest BCUT2D eigenvalue weighted by molar-refractivity contribution is -0.160. The van der Waals surface area contributed by atoms with E-state index in [0.29, 0.717) is 11.0 Å². The molecule has 4 aromatic rings. The fourth-order valence-electron chi connectivity index (χ4n) is 8.14. The Morgan fingerprint density at radius 2 is 1.62 bits per heavy atom. The van der Waals surface area contributed by atoms with E-state index in [2.05, 4.69) is 5.32 Å². The molecule has 4 bridgehead atoms. The van der Waals surface area contributed by atoms with E-state index in [-0.39, 0.29) is 49.9 Å². The van der Waals surface area contributed by atoms with Crippen LogP contribution in [0.15, 0.2) is 59.1 Å². The summed E-state index contributed by atoms with van der Waals surface area (Å²) in [5.41, 5.74) is 2.00. The van der Waals surface area contributed by atoms with Crippen LogP contribution in [-0.2, 0) is 30.8 Å². The molecule has 0 spiro atoms. The molecule has 0 unspecified atom stereocenters. The van der Waals surface area contributed by atoms with Crippen molar-refractivity contribution in [1.29, 1.82) is 0 Å². The van der Waals surface area contributed by atoms with Crippen LogP contribution in [0, 0.1) is 37.5 Å². The number of nitrogens with one attached hydrogen (secondary N) is 1. The molecule has 3 aromatic carbocycles. The largest absolute Gasteiger partial charge is 0.505 e. The number of methoxy groups -OCH3 is 1. The molecule has 14 heteroatoms. The molecule has 9 atom stereocenters. The van der Waals surface area contributed by atoms with Gasteiger partial charge in [0.25, 0.3) is 5.91 Å². The summed E-state index contributed by atoms with van der Waals surface area (Å²) >= 11 is 0. The van der Waals surface area contributed by atoms with Gasteiger partial charge in [0.2, 0.25) is 6.29 Å². The summed E-state index contributed by atoms with van der Waals surface area (Å²) in [5, 5.41) is 37.7. The molecule has 0 radical (unpaired) electrons. The van der Waals surface area contributed by atoms with Crippen molar-refractivity contribution in [2.75, 3.05) is 12.4 Å². The number of hydrogen-bond donors (Lipinski definition) is 4. The molecule has 0 aliphatic carbocycles. The fraction of sp³-hybridized carbons (Fsp3) is 0.457. The number of phenolic OH excluding ortho intramolecular Hbond substituents is 1. The molecule has 3 heterocycles. The van der Waals surface area contributed by atoms with Crippen LogP contribution in [0.2, 0.25) is 0 Å². The Bertz CT molecular complexity index is 2490. The van der Waals surface area contributed by atoms with Gasteiger partial charge in [0.05, 0.1) is 57.6 Å². The number of anilines is 1. The smallest absolute Gasteiger partial charge is 0.302 e. The van der Waals surface area contributed by atoms with Crippen molar-refractivity contribution in [2.24, 2.45) is 30.7 Å². The van der Waals surface area contributed by atoms with Gasteiger partial charge in [0.1, 0.15) is 17.5 Å².